The minimum absolute atomic E-state index is 0.0486. The lowest BCUT2D eigenvalue weighted by Gasteiger charge is -2.05. The Labute approximate surface area is 110 Å². The number of hydrogen-bond donors (Lipinski definition) is 2. The van der Waals surface area contributed by atoms with Gasteiger partial charge in [0.25, 0.3) is 10.0 Å². The van der Waals surface area contributed by atoms with Gasteiger partial charge in [-0.25, -0.2) is 23.1 Å². The Morgan fingerprint density at radius 2 is 2.16 bits per heavy atom. The summed E-state index contributed by atoms with van der Waals surface area (Å²) < 4.78 is 31.6. The van der Waals surface area contributed by atoms with Crippen molar-refractivity contribution in [3.63, 3.8) is 0 Å². The van der Waals surface area contributed by atoms with Crippen LogP contribution in [-0.2, 0) is 16.6 Å². The van der Waals surface area contributed by atoms with Gasteiger partial charge < -0.3 is 10.2 Å². The van der Waals surface area contributed by atoms with E-state index in [2.05, 4.69) is 14.7 Å². The van der Waals surface area contributed by atoms with Gasteiger partial charge in [0, 0.05) is 6.20 Å². The first-order valence-electron chi connectivity index (χ1n) is 5.53. The minimum Gasteiger partial charge on any atom is -0.444 e. The molecule has 2 aromatic heterocycles. The predicted molar refractivity (Wildman–Crippen MR) is 68.7 cm³/mol. The first-order valence-corrected chi connectivity index (χ1v) is 7.01. The van der Waals surface area contributed by atoms with E-state index in [-0.39, 0.29) is 17.3 Å². The molecule has 0 aliphatic heterocycles. The molecule has 3 N–H and O–H groups in total. The van der Waals surface area contributed by atoms with Crippen LogP contribution in [0.25, 0.3) is 0 Å². The zero-order valence-corrected chi connectivity index (χ0v) is 11.4. The molecule has 0 saturated carbocycles. The van der Waals surface area contributed by atoms with Crippen molar-refractivity contribution in [2.45, 2.75) is 25.4 Å². The van der Waals surface area contributed by atoms with Gasteiger partial charge in [0.15, 0.2) is 5.03 Å². The van der Waals surface area contributed by atoms with E-state index in [0.717, 1.165) is 5.69 Å². The van der Waals surface area contributed by atoms with E-state index in [4.69, 9.17) is 10.2 Å². The Bertz CT molecular complexity index is 674. The molecule has 0 aliphatic carbocycles. The van der Waals surface area contributed by atoms with Gasteiger partial charge in [-0.15, -0.1) is 0 Å². The van der Waals surface area contributed by atoms with Crippen molar-refractivity contribution in [2.75, 3.05) is 5.73 Å². The highest BCUT2D eigenvalue weighted by Crippen LogP contribution is 2.14. The highest BCUT2D eigenvalue weighted by atomic mass is 32.2. The largest absolute Gasteiger partial charge is 0.444 e. The Kier molecular flexibility index (Phi) is 3.54. The number of nitrogens with two attached hydrogens (primary N) is 1. The van der Waals surface area contributed by atoms with E-state index in [0.29, 0.717) is 11.7 Å². The van der Waals surface area contributed by atoms with E-state index >= 15 is 0 Å². The molecule has 0 radical (unpaired) electrons. The fourth-order valence-electron chi connectivity index (χ4n) is 1.47. The lowest BCUT2D eigenvalue weighted by atomic mass is 10.4. The summed E-state index contributed by atoms with van der Waals surface area (Å²) in [5, 5.41) is -0.199. The lowest BCUT2D eigenvalue weighted by Crippen LogP contribution is -2.25. The van der Waals surface area contributed by atoms with Crippen LogP contribution >= 0.6 is 0 Å². The standard InChI is InChI=1S/C11H14N4O3S/c1-7-8(2)18-10(15-7)6-14-19(16,17)11-9(12)4-3-5-13-11/h3-5,14H,6,12H2,1-2H3. The number of aromatic nitrogens is 2. The molecular weight excluding hydrogens is 268 g/mol. The first-order chi connectivity index (χ1) is 8.90. The van der Waals surface area contributed by atoms with Gasteiger partial charge in [-0.05, 0) is 26.0 Å². The van der Waals surface area contributed by atoms with Gasteiger partial charge in [0.05, 0.1) is 17.9 Å². The molecule has 7 nitrogen and oxygen atoms in total. The van der Waals surface area contributed by atoms with Crippen molar-refractivity contribution in [1.29, 1.82) is 0 Å². The third-order valence-electron chi connectivity index (χ3n) is 2.54. The number of pyridine rings is 1. The topological polar surface area (TPSA) is 111 Å². The molecule has 0 spiro atoms. The van der Waals surface area contributed by atoms with E-state index in [1.54, 1.807) is 19.9 Å². The monoisotopic (exact) mass is 282 g/mol. The summed E-state index contributed by atoms with van der Waals surface area (Å²) in [5.41, 5.74) is 6.40. The van der Waals surface area contributed by atoms with Gasteiger partial charge in [-0.1, -0.05) is 0 Å². The van der Waals surface area contributed by atoms with Crippen LogP contribution < -0.4 is 10.5 Å². The molecule has 2 rings (SSSR count). The van der Waals surface area contributed by atoms with E-state index in [1.807, 2.05) is 0 Å². The predicted octanol–water partition coefficient (Wildman–Crippen LogP) is 0.747. The first kappa shape index (κ1) is 13.5. The van der Waals surface area contributed by atoms with Crippen molar-refractivity contribution in [3.05, 3.63) is 35.7 Å². The van der Waals surface area contributed by atoms with Crippen LogP contribution in [0.4, 0.5) is 5.69 Å². The van der Waals surface area contributed by atoms with E-state index in [9.17, 15) is 8.42 Å². The molecule has 0 atom stereocenters. The maximum atomic E-state index is 12.0. The average molecular weight is 282 g/mol. The minimum atomic E-state index is -3.78. The van der Waals surface area contributed by atoms with Crippen LogP contribution in [0.5, 0.6) is 0 Å². The maximum absolute atomic E-state index is 12.0. The van der Waals surface area contributed by atoms with E-state index < -0.39 is 10.0 Å². The molecule has 0 bridgehead atoms. The average Bonchev–Trinajstić information content (AvgIpc) is 2.67. The van der Waals surface area contributed by atoms with Crippen molar-refractivity contribution >= 4 is 15.7 Å². The quantitative estimate of drug-likeness (QED) is 0.855. The molecule has 0 aliphatic rings. The lowest BCUT2D eigenvalue weighted by molar-refractivity contribution is 0.462. The Balaban J connectivity index is 2.17. The van der Waals surface area contributed by atoms with Gasteiger partial charge in [-0.3, -0.25) is 0 Å². The number of hydrogen-bond acceptors (Lipinski definition) is 6. The van der Waals surface area contributed by atoms with Crippen LogP contribution in [0.3, 0.4) is 0 Å². The van der Waals surface area contributed by atoms with Crippen molar-refractivity contribution in [3.8, 4) is 0 Å². The summed E-state index contributed by atoms with van der Waals surface area (Å²) >= 11 is 0. The smallest absolute Gasteiger partial charge is 0.260 e. The van der Waals surface area contributed by atoms with Gasteiger partial charge in [0.1, 0.15) is 5.76 Å². The highest BCUT2D eigenvalue weighted by Gasteiger charge is 2.19. The number of nitrogens with one attached hydrogen (secondary N) is 1. The zero-order chi connectivity index (χ0) is 14.0. The fourth-order valence-corrected chi connectivity index (χ4v) is 2.50. The Morgan fingerprint density at radius 3 is 2.74 bits per heavy atom. The zero-order valence-electron chi connectivity index (χ0n) is 10.5. The third kappa shape index (κ3) is 2.91. The Morgan fingerprint density at radius 1 is 1.42 bits per heavy atom. The van der Waals surface area contributed by atoms with Crippen LogP contribution in [0.2, 0.25) is 0 Å². The SMILES string of the molecule is Cc1nc(CNS(=O)(=O)c2ncccc2N)oc1C. The molecule has 2 heterocycles. The number of oxazole rings is 1. The number of nitrogen functional groups attached to an aromatic ring is 1. The highest BCUT2D eigenvalue weighted by molar-refractivity contribution is 7.89. The Hall–Kier alpha value is -1.93. The van der Waals surface area contributed by atoms with Crippen LogP contribution in [0, 0.1) is 13.8 Å². The summed E-state index contributed by atoms with van der Waals surface area (Å²) in [6.45, 7) is 3.50. The van der Waals surface area contributed by atoms with Crippen molar-refractivity contribution < 1.29 is 12.8 Å². The second-order valence-electron chi connectivity index (χ2n) is 3.97. The number of nitrogens with zero attached hydrogens (tertiary/aromatic N) is 2. The molecule has 0 aromatic carbocycles. The van der Waals surface area contributed by atoms with E-state index in [1.165, 1.54) is 12.3 Å². The van der Waals surface area contributed by atoms with Gasteiger partial charge in [0.2, 0.25) is 5.89 Å². The number of sulfonamides is 1. The number of aryl methyl sites for hydroxylation is 2. The molecule has 19 heavy (non-hydrogen) atoms. The third-order valence-corrected chi connectivity index (χ3v) is 3.92. The van der Waals surface area contributed by atoms with Crippen LogP contribution in [0.1, 0.15) is 17.3 Å². The van der Waals surface area contributed by atoms with Crippen molar-refractivity contribution in [1.82, 2.24) is 14.7 Å². The molecule has 0 fully saturated rings. The van der Waals surface area contributed by atoms with Gasteiger partial charge in [-0.2, -0.15) is 0 Å². The molecule has 0 amide bonds. The van der Waals surface area contributed by atoms with Crippen LogP contribution in [0.15, 0.2) is 27.8 Å². The normalized spacial score (nSPS) is 11.7. The summed E-state index contributed by atoms with van der Waals surface area (Å²) in [5.74, 6) is 0.958. The molecule has 2 aromatic rings. The number of rotatable bonds is 4. The fraction of sp³-hybridized carbons (Fsp3) is 0.273. The molecule has 8 heteroatoms. The van der Waals surface area contributed by atoms with Crippen molar-refractivity contribution in [2.24, 2.45) is 0 Å². The number of anilines is 1. The van der Waals surface area contributed by atoms with Gasteiger partial charge >= 0.3 is 0 Å². The second-order valence-corrected chi connectivity index (χ2v) is 5.65. The summed E-state index contributed by atoms with van der Waals surface area (Å²) in [6, 6.07) is 3.04. The summed E-state index contributed by atoms with van der Waals surface area (Å²) in [4.78, 5) is 7.84. The summed E-state index contributed by atoms with van der Waals surface area (Å²) in [6.07, 6.45) is 1.37. The van der Waals surface area contributed by atoms with Crippen LogP contribution in [-0.4, -0.2) is 18.4 Å². The molecule has 0 unspecified atom stereocenters. The second kappa shape index (κ2) is 4.98. The summed E-state index contributed by atoms with van der Waals surface area (Å²) in [7, 11) is -3.78. The maximum Gasteiger partial charge on any atom is 0.260 e. The molecular formula is C11H14N4O3S. The molecule has 0 saturated heterocycles. The molecule has 102 valence electrons.